The number of nitrogens with two attached hydrogens (primary N) is 1. The summed E-state index contributed by atoms with van der Waals surface area (Å²) in [6, 6.07) is 6.12. The summed E-state index contributed by atoms with van der Waals surface area (Å²) in [6.07, 6.45) is 2.70. The molecular weight excluding hydrogens is 218 g/mol. The minimum Gasteiger partial charge on any atom is -0.399 e. The number of nitrogens with zero attached hydrogens (tertiary/aromatic N) is 1. The van der Waals surface area contributed by atoms with Gasteiger partial charge < -0.3 is 11.1 Å². The second-order valence-electron chi connectivity index (χ2n) is 4.45. The molecule has 0 spiro atoms. The molecule has 0 amide bonds. The van der Waals surface area contributed by atoms with Gasteiger partial charge in [0, 0.05) is 22.8 Å². The minimum atomic E-state index is 0.580. The van der Waals surface area contributed by atoms with Crippen molar-refractivity contribution >= 4 is 23.1 Å². The maximum atomic E-state index is 5.83. The molecule has 0 saturated carbocycles. The highest BCUT2D eigenvalue weighted by molar-refractivity contribution is 8.00. The number of rotatable bonds is 1. The Balaban J connectivity index is 1.79. The van der Waals surface area contributed by atoms with Gasteiger partial charge in [0.05, 0.1) is 5.37 Å². The molecule has 3 rings (SSSR count). The molecule has 2 aliphatic heterocycles. The van der Waals surface area contributed by atoms with Gasteiger partial charge in [0.1, 0.15) is 0 Å². The number of benzene rings is 1. The Morgan fingerprint density at radius 2 is 2.12 bits per heavy atom. The van der Waals surface area contributed by atoms with Crippen LogP contribution >= 0.6 is 11.8 Å². The molecule has 1 atom stereocenters. The number of nitrogen functional groups attached to an aromatic ring is 1. The fourth-order valence-electron chi connectivity index (χ4n) is 2.40. The van der Waals surface area contributed by atoms with Crippen LogP contribution < -0.4 is 11.1 Å². The number of thioether (sulfide) groups is 1. The van der Waals surface area contributed by atoms with Gasteiger partial charge in [0.15, 0.2) is 0 Å². The highest BCUT2D eigenvalue weighted by Crippen LogP contribution is 2.38. The molecule has 0 radical (unpaired) electrons. The molecule has 2 aliphatic rings. The Kier molecular flexibility index (Phi) is 2.69. The van der Waals surface area contributed by atoms with Gasteiger partial charge in [-0.25, -0.2) is 0 Å². The SMILES string of the molecule is Nc1ccc2c(c1)SC(N1CCCC1)CN2. The zero-order valence-electron chi connectivity index (χ0n) is 9.28. The van der Waals surface area contributed by atoms with Gasteiger partial charge in [-0.1, -0.05) is 0 Å². The standard InChI is InChI=1S/C12H17N3S/c13-9-3-4-10-11(7-9)16-12(8-14-10)15-5-1-2-6-15/h3-4,7,12,14H,1-2,5-6,8,13H2. The average Bonchev–Trinajstić information content (AvgIpc) is 2.81. The van der Waals surface area contributed by atoms with Gasteiger partial charge in [0.2, 0.25) is 0 Å². The van der Waals surface area contributed by atoms with E-state index in [0.29, 0.717) is 5.37 Å². The third-order valence-electron chi connectivity index (χ3n) is 3.28. The molecule has 3 nitrogen and oxygen atoms in total. The van der Waals surface area contributed by atoms with Crippen molar-refractivity contribution in [3.05, 3.63) is 18.2 Å². The van der Waals surface area contributed by atoms with E-state index in [1.54, 1.807) is 0 Å². The van der Waals surface area contributed by atoms with Crippen LogP contribution in [0.4, 0.5) is 11.4 Å². The molecule has 0 aromatic heterocycles. The third kappa shape index (κ3) is 1.87. The second kappa shape index (κ2) is 4.18. The van der Waals surface area contributed by atoms with Crippen LogP contribution in [0.5, 0.6) is 0 Å². The summed E-state index contributed by atoms with van der Waals surface area (Å²) in [6.45, 7) is 3.54. The van der Waals surface area contributed by atoms with Gasteiger partial charge >= 0.3 is 0 Å². The van der Waals surface area contributed by atoms with Crippen molar-refractivity contribution < 1.29 is 0 Å². The number of likely N-dealkylation sites (tertiary alicyclic amines) is 1. The van der Waals surface area contributed by atoms with Crippen LogP contribution in [0.2, 0.25) is 0 Å². The molecule has 0 aliphatic carbocycles. The number of hydrogen-bond donors (Lipinski definition) is 2. The summed E-state index contributed by atoms with van der Waals surface area (Å²) in [7, 11) is 0. The van der Waals surface area contributed by atoms with Crippen molar-refractivity contribution in [1.82, 2.24) is 4.90 Å². The first-order valence-electron chi connectivity index (χ1n) is 5.87. The predicted molar refractivity (Wildman–Crippen MR) is 69.8 cm³/mol. The number of nitrogens with one attached hydrogen (secondary N) is 1. The molecule has 1 fully saturated rings. The normalized spacial score (nSPS) is 25.1. The molecule has 1 unspecified atom stereocenters. The van der Waals surface area contributed by atoms with Gasteiger partial charge in [-0.15, -0.1) is 11.8 Å². The Hall–Kier alpha value is -0.870. The van der Waals surface area contributed by atoms with E-state index in [9.17, 15) is 0 Å². The van der Waals surface area contributed by atoms with Crippen molar-refractivity contribution in [3.8, 4) is 0 Å². The first-order chi connectivity index (χ1) is 7.83. The van der Waals surface area contributed by atoms with Gasteiger partial charge in [-0.2, -0.15) is 0 Å². The fourth-order valence-corrected chi connectivity index (χ4v) is 3.69. The summed E-state index contributed by atoms with van der Waals surface area (Å²) in [4.78, 5) is 3.87. The lowest BCUT2D eigenvalue weighted by atomic mass is 10.3. The van der Waals surface area contributed by atoms with Crippen LogP contribution in [-0.2, 0) is 0 Å². The van der Waals surface area contributed by atoms with Crippen LogP contribution in [0.3, 0.4) is 0 Å². The average molecular weight is 235 g/mol. The van der Waals surface area contributed by atoms with Crippen molar-refractivity contribution in [1.29, 1.82) is 0 Å². The molecule has 16 heavy (non-hydrogen) atoms. The zero-order chi connectivity index (χ0) is 11.0. The Labute approximate surface area is 100 Å². The van der Waals surface area contributed by atoms with E-state index in [-0.39, 0.29) is 0 Å². The molecule has 0 bridgehead atoms. The first-order valence-corrected chi connectivity index (χ1v) is 6.75. The number of anilines is 2. The lowest BCUT2D eigenvalue weighted by molar-refractivity contribution is 0.324. The Bertz CT molecular complexity index is 388. The lowest BCUT2D eigenvalue weighted by Gasteiger charge is -2.32. The van der Waals surface area contributed by atoms with Crippen LogP contribution in [0.25, 0.3) is 0 Å². The summed E-state index contributed by atoms with van der Waals surface area (Å²) in [5.41, 5.74) is 7.91. The van der Waals surface area contributed by atoms with E-state index in [1.807, 2.05) is 17.8 Å². The quantitative estimate of drug-likeness (QED) is 0.732. The van der Waals surface area contributed by atoms with Crippen LogP contribution in [0.1, 0.15) is 12.8 Å². The highest BCUT2D eigenvalue weighted by Gasteiger charge is 2.26. The molecule has 1 saturated heterocycles. The maximum absolute atomic E-state index is 5.83. The lowest BCUT2D eigenvalue weighted by Crippen LogP contribution is -2.37. The fraction of sp³-hybridized carbons (Fsp3) is 0.500. The topological polar surface area (TPSA) is 41.3 Å². The molecule has 86 valence electrons. The highest BCUT2D eigenvalue weighted by atomic mass is 32.2. The minimum absolute atomic E-state index is 0.580. The monoisotopic (exact) mass is 235 g/mol. The maximum Gasteiger partial charge on any atom is 0.0780 e. The van der Waals surface area contributed by atoms with Crippen LogP contribution in [0.15, 0.2) is 23.1 Å². The smallest absolute Gasteiger partial charge is 0.0780 e. The Morgan fingerprint density at radius 3 is 2.94 bits per heavy atom. The predicted octanol–water partition coefficient (Wildman–Crippen LogP) is 2.21. The largest absolute Gasteiger partial charge is 0.399 e. The van der Waals surface area contributed by atoms with E-state index in [2.05, 4.69) is 22.3 Å². The molecule has 4 heteroatoms. The number of fused-ring (bicyclic) bond motifs is 1. The van der Waals surface area contributed by atoms with Crippen molar-refractivity contribution in [3.63, 3.8) is 0 Å². The van der Waals surface area contributed by atoms with Crippen molar-refractivity contribution in [2.45, 2.75) is 23.1 Å². The van der Waals surface area contributed by atoms with E-state index < -0.39 is 0 Å². The Morgan fingerprint density at radius 1 is 1.31 bits per heavy atom. The zero-order valence-corrected chi connectivity index (χ0v) is 10.1. The summed E-state index contributed by atoms with van der Waals surface area (Å²) >= 11 is 1.95. The van der Waals surface area contributed by atoms with Crippen LogP contribution in [-0.4, -0.2) is 29.9 Å². The summed E-state index contributed by atoms with van der Waals surface area (Å²) in [5, 5.41) is 4.08. The van der Waals surface area contributed by atoms with Gasteiger partial charge in [0.25, 0.3) is 0 Å². The first kappa shape index (κ1) is 10.3. The molecule has 3 N–H and O–H groups in total. The van der Waals surface area contributed by atoms with E-state index in [0.717, 1.165) is 12.2 Å². The van der Waals surface area contributed by atoms with E-state index >= 15 is 0 Å². The second-order valence-corrected chi connectivity index (χ2v) is 5.67. The summed E-state index contributed by atoms with van der Waals surface area (Å²) in [5.74, 6) is 0. The van der Waals surface area contributed by atoms with Gasteiger partial charge in [-0.05, 0) is 44.1 Å². The number of hydrogen-bond acceptors (Lipinski definition) is 4. The van der Waals surface area contributed by atoms with Gasteiger partial charge in [-0.3, -0.25) is 4.90 Å². The van der Waals surface area contributed by atoms with Crippen LogP contribution in [0, 0.1) is 0 Å². The van der Waals surface area contributed by atoms with E-state index in [4.69, 9.17) is 5.73 Å². The molecular formula is C12H17N3S. The molecule has 1 aromatic rings. The molecule has 1 aromatic carbocycles. The van der Waals surface area contributed by atoms with Crippen molar-refractivity contribution in [2.75, 3.05) is 30.7 Å². The van der Waals surface area contributed by atoms with Crippen molar-refractivity contribution in [2.24, 2.45) is 0 Å². The molecule has 2 heterocycles. The summed E-state index contributed by atoms with van der Waals surface area (Å²) < 4.78 is 0. The third-order valence-corrected chi connectivity index (χ3v) is 4.61. The van der Waals surface area contributed by atoms with E-state index in [1.165, 1.54) is 36.5 Å².